The molecule has 2 fully saturated rings. The van der Waals surface area contributed by atoms with Crippen LogP contribution in [0.3, 0.4) is 0 Å². The van der Waals surface area contributed by atoms with Crippen molar-refractivity contribution in [1.82, 2.24) is 0 Å². The summed E-state index contributed by atoms with van der Waals surface area (Å²) in [7, 11) is 0. The third-order valence-electron chi connectivity index (χ3n) is 4.57. The Morgan fingerprint density at radius 3 is 2.21 bits per heavy atom. The summed E-state index contributed by atoms with van der Waals surface area (Å²) < 4.78 is 0. The maximum Gasteiger partial charge on any atom is -0.0297 e. The van der Waals surface area contributed by atoms with E-state index in [0.29, 0.717) is 0 Å². The topological polar surface area (TPSA) is 0 Å². The standard InChI is InChI=1S/C14H25/c1-2-6-13-7-11-14(12-8-13)9-4-3-5-10-14/h6,13H,2-5,7-12H2,1H3. The van der Waals surface area contributed by atoms with E-state index in [9.17, 15) is 0 Å². The Labute approximate surface area is 89.5 Å². The Hall–Kier alpha value is 0. The fraction of sp³-hybridized carbons (Fsp3) is 0.929. The first-order chi connectivity index (χ1) is 6.85. The highest BCUT2D eigenvalue weighted by Crippen LogP contribution is 2.49. The first kappa shape index (κ1) is 10.5. The van der Waals surface area contributed by atoms with Crippen molar-refractivity contribution in [3.8, 4) is 0 Å². The van der Waals surface area contributed by atoms with Crippen LogP contribution in [0.15, 0.2) is 0 Å². The summed E-state index contributed by atoms with van der Waals surface area (Å²) in [4.78, 5) is 0. The molecule has 81 valence electrons. The van der Waals surface area contributed by atoms with Crippen molar-refractivity contribution in [3.05, 3.63) is 6.42 Å². The van der Waals surface area contributed by atoms with Gasteiger partial charge in [0.15, 0.2) is 0 Å². The molecule has 0 aromatic heterocycles. The minimum Gasteiger partial charge on any atom is -0.0651 e. The van der Waals surface area contributed by atoms with E-state index in [1.807, 2.05) is 0 Å². The largest absolute Gasteiger partial charge is 0.0651 e. The lowest BCUT2D eigenvalue weighted by molar-refractivity contribution is 0.104. The molecule has 1 spiro atoms. The third kappa shape index (κ3) is 2.32. The predicted molar refractivity (Wildman–Crippen MR) is 62.1 cm³/mol. The van der Waals surface area contributed by atoms with Crippen molar-refractivity contribution in [2.75, 3.05) is 0 Å². The van der Waals surface area contributed by atoms with Gasteiger partial charge >= 0.3 is 0 Å². The van der Waals surface area contributed by atoms with Gasteiger partial charge in [-0.1, -0.05) is 32.6 Å². The SMILES string of the molecule is CC[CH]C1CCC2(CCCCC2)CC1. The third-order valence-corrected chi connectivity index (χ3v) is 4.57. The van der Waals surface area contributed by atoms with Gasteiger partial charge in [0.25, 0.3) is 0 Å². The van der Waals surface area contributed by atoms with E-state index in [-0.39, 0.29) is 0 Å². The van der Waals surface area contributed by atoms with Crippen molar-refractivity contribution in [2.45, 2.75) is 71.1 Å². The molecule has 0 heterocycles. The average Bonchev–Trinajstić information content (AvgIpc) is 2.24. The molecular weight excluding hydrogens is 168 g/mol. The van der Waals surface area contributed by atoms with E-state index in [4.69, 9.17) is 0 Å². The molecule has 2 saturated carbocycles. The fourth-order valence-corrected chi connectivity index (χ4v) is 3.62. The number of hydrogen-bond donors (Lipinski definition) is 0. The molecule has 0 aromatic rings. The maximum atomic E-state index is 2.55. The summed E-state index contributed by atoms with van der Waals surface area (Å²) in [6, 6.07) is 0. The molecule has 2 rings (SSSR count). The van der Waals surface area contributed by atoms with Crippen LogP contribution in [0.2, 0.25) is 0 Å². The molecule has 0 saturated heterocycles. The lowest BCUT2D eigenvalue weighted by atomic mass is 9.63. The highest BCUT2D eigenvalue weighted by atomic mass is 14.4. The van der Waals surface area contributed by atoms with Gasteiger partial charge < -0.3 is 0 Å². The minimum atomic E-state index is 0.816. The van der Waals surface area contributed by atoms with Crippen LogP contribution in [0, 0.1) is 17.8 Å². The smallest absolute Gasteiger partial charge is 0.0297 e. The van der Waals surface area contributed by atoms with Gasteiger partial charge in [0.1, 0.15) is 0 Å². The Morgan fingerprint density at radius 2 is 1.64 bits per heavy atom. The number of rotatable bonds is 2. The van der Waals surface area contributed by atoms with Gasteiger partial charge in [0.2, 0.25) is 0 Å². The molecule has 0 bridgehead atoms. The van der Waals surface area contributed by atoms with E-state index < -0.39 is 0 Å². The molecule has 2 aliphatic rings. The summed E-state index contributed by atoms with van der Waals surface area (Å²) >= 11 is 0. The zero-order valence-corrected chi connectivity index (χ0v) is 9.73. The second-order valence-electron chi connectivity index (χ2n) is 5.54. The van der Waals surface area contributed by atoms with Gasteiger partial charge in [0, 0.05) is 0 Å². The van der Waals surface area contributed by atoms with Crippen molar-refractivity contribution in [2.24, 2.45) is 11.3 Å². The Kier molecular flexibility index (Phi) is 3.52. The van der Waals surface area contributed by atoms with Gasteiger partial charge in [-0.25, -0.2) is 0 Å². The monoisotopic (exact) mass is 193 g/mol. The van der Waals surface area contributed by atoms with E-state index in [0.717, 1.165) is 11.3 Å². The first-order valence-corrected chi connectivity index (χ1v) is 6.68. The minimum absolute atomic E-state index is 0.816. The molecule has 0 amide bonds. The quantitative estimate of drug-likeness (QED) is 0.594. The molecule has 0 nitrogen and oxygen atoms in total. The second-order valence-corrected chi connectivity index (χ2v) is 5.54. The summed E-state index contributed by atoms with van der Waals surface area (Å²) in [5.41, 5.74) is 0.816. The zero-order chi connectivity index (χ0) is 9.86. The molecule has 0 aliphatic heterocycles. The molecule has 0 N–H and O–H groups in total. The molecule has 0 atom stereocenters. The summed E-state index contributed by atoms with van der Waals surface area (Å²) in [6.07, 6.45) is 17.5. The van der Waals surface area contributed by atoms with Gasteiger partial charge in [-0.05, 0) is 56.3 Å². The summed E-state index contributed by atoms with van der Waals surface area (Å²) in [5, 5.41) is 0. The van der Waals surface area contributed by atoms with Gasteiger partial charge in [-0.3, -0.25) is 0 Å². The molecule has 0 unspecified atom stereocenters. The van der Waals surface area contributed by atoms with E-state index >= 15 is 0 Å². The Morgan fingerprint density at radius 1 is 1.00 bits per heavy atom. The molecule has 0 heteroatoms. The van der Waals surface area contributed by atoms with Crippen molar-refractivity contribution in [1.29, 1.82) is 0 Å². The molecular formula is C14H25. The first-order valence-electron chi connectivity index (χ1n) is 6.68. The van der Waals surface area contributed by atoms with Crippen LogP contribution in [0.1, 0.15) is 71.1 Å². The number of hydrogen-bond acceptors (Lipinski definition) is 0. The molecule has 2 aliphatic carbocycles. The molecule has 14 heavy (non-hydrogen) atoms. The van der Waals surface area contributed by atoms with Gasteiger partial charge in [-0.15, -0.1) is 0 Å². The van der Waals surface area contributed by atoms with Crippen molar-refractivity contribution >= 4 is 0 Å². The van der Waals surface area contributed by atoms with Gasteiger partial charge in [-0.2, -0.15) is 0 Å². The lowest BCUT2D eigenvalue weighted by Gasteiger charge is -2.43. The van der Waals surface area contributed by atoms with Crippen LogP contribution in [-0.4, -0.2) is 0 Å². The predicted octanol–water partition coefficient (Wildman–Crippen LogP) is 4.74. The lowest BCUT2D eigenvalue weighted by Crippen LogP contribution is -2.29. The summed E-state index contributed by atoms with van der Waals surface area (Å²) in [6.45, 7) is 2.28. The van der Waals surface area contributed by atoms with E-state index in [1.165, 1.54) is 51.4 Å². The van der Waals surface area contributed by atoms with Crippen molar-refractivity contribution in [3.63, 3.8) is 0 Å². The van der Waals surface area contributed by atoms with E-state index in [1.54, 1.807) is 12.8 Å². The Bertz CT molecular complexity index is 155. The highest BCUT2D eigenvalue weighted by molar-refractivity contribution is 4.91. The van der Waals surface area contributed by atoms with Crippen LogP contribution < -0.4 is 0 Å². The normalized spacial score (nSPS) is 28.1. The van der Waals surface area contributed by atoms with Crippen LogP contribution in [0.4, 0.5) is 0 Å². The van der Waals surface area contributed by atoms with Crippen LogP contribution in [0.5, 0.6) is 0 Å². The van der Waals surface area contributed by atoms with Crippen molar-refractivity contribution < 1.29 is 0 Å². The zero-order valence-electron chi connectivity index (χ0n) is 9.73. The summed E-state index contributed by atoms with van der Waals surface area (Å²) in [5.74, 6) is 0.965. The van der Waals surface area contributed by atoms with Gasteiger partial charge in [0.05, 0.1) is 0 Å². The fourth-order valence-electron chi connectivity index (χ4n) is 3.62. The van der Waals surface area contributed by atoms with Crippen LogP contribution in [0.25, 0.3) is 0 Å². The maximum absolute atomic E-state index is 2.55. The van der Waals surface area contributed by atoms with Crippen LogP contribution >= 0.6 is 0 Å². The van der Waals surface area contributed by atoms with Crippen LogP contribution in [-0.2, 0) is 0 Å². The van der Waals surface area contributed by atoms with E-state index in [2.05, 4.69) is 13.3 Å². The molecule has 1 radical (unpaired) electrons. The highest BCUT2D eigenvalue weighted by Gasteiger charge is 2.35. The Balaban J connectivity index is 1.81. The molecule has 0 aromatic carbocycles. The average molecular weight is 193 g/mol. The second kappa shape index (κ2) is 4.68.